The van der Waals surface area contributed by atoms with E-state index in [0.29, 0.717) is 22.0 Å². The van der Waals surface area contributed by atoms with E-state index in [1.54, 1.807) is 24.3 Å². The monoisotopic (exact) mass is 447 g/mol. The molecule has 0 aliphatic carbocycles. The Morgan fingerprint density at radius 2 is 1.77 bits per heavy atom. The van der Waals surface area contributed by atoms with Gasteiger partial charge >= 0.3 is 0 Å². The number of nitrogens with one attached hydrogen (secondary N) is 1. The molecule has 0 fully saturated rings. The van der Waals surface area contributed by atoms with Crippen LogP contribution in [0.1, 0.15) is 15.9 Å². The van der Waals surface area contributed by atoms with Gasteiger partial charge in [0.1, 0.15) is 5.75 Å². The highest BCUT2D eigenvalue weighted by Crippen LogP contribution is 2.30. The third-order valence-corrected chi connectivity index (χ3v) is 6.68. The molecule has 3 aromatic rings. The molecular weight excluding hydrogens is 426 g/mol. The summed E-state index contributed by atoms with van der Waals surface area (Å²) in [6, 6.07) is 13.4. The molecule has 0 aliphatic rings. The number of halogens is 1. The summed E-state index contributed by atoms with van der Waals surface area (Å²) in [6.07, 6.45) is 3.70. The van der Waals surface area contributed by atoms with Crippen molar-refractivity contribution >= 4 is 27.5 Å². The van der Waals surface area contributed by atoms with Crippen LogP contribution in [0, 0.1) is 0 Å². The predicted molar refractivity (Wildman–Crippen MR) is 116 cm³/mol. The molecule has 30 heavy (non-hydrogen) atoms. The van der Waals surface area contributed by atoms with E-state index in [1.807, 2.05) is 29.1 Å². The number of sulfonamides is 1. The highest BCUT2D eigenvalue weighted by Gasteiger charge is 2.18. The van der Waals surface area contributed by atoms with Gasteiger partial charge in [0.15, 0.2) is 0 Å². The molecular formula is C21H22ClN3O4S. The largest absolute Gasteiger partial charge is 0.496 e. The van der Waals surface area contributed by atoms with Gasteiger partial charge in [-0.05, 0) is 35.9 Å². The second kappa shape index (κ2) is 8.91. The van der Waals surface area contributed by atoms with Crippen molar-refractivity contribution in [1.82, 2.24) is 14.2 Å². The fraction of sp³-hybridized carbons (Fsp3) is 0.190. The molecule has 9 heteroatoms. The molecule has 3 rings (SSSR count). The molecule has 1 amide bonds. The van der Waals surface area contributed by atoms with Gasteiger partial charge in [-0.1, -0.05) is 23.7 Å². The molecule has 158 valence electrons. The molecule has 1 aromatic heterocycles. The standard InChI is InChI=1S/C21H22ClN3O4S/c1-24(2)30(27,28)16-8-6-15(7-9-16)14-23-21(26)17-12-18(22)19(13-20(17)29-3)25-10-4-5-11-25/h4-13H,14H2,1-3H3,(H,23,26). The van der Waals surface area contributed by atoms with Crippen molar-refractivity contribution in [3.05, 3.63) is 77.1 Å². The van der Waals surface area contributed by atoms with Crippen LogP contribution < -0.4 is 10.1 Å². The first-order valence-electron chi connectivity index (χ1n) is 9.04. The molecule has 0 saturated carbocycles. The van der Waals surface area contributed by atoms with E-state index >= 15 is 0 Å². The van der Waals surface area contributed by atoms with Crippen LogP contribution in [0.2, 0.25) is 5.02 Å². The van der Waals surface area contributed by atoms with Crippen molar-refractivity contribution in [2.24, 2.45) is 0 Å². The number of hydrogen-bond donors (Lipinski definition) is 1. The highest BCUT2D eigenvalue weighted by atomic mass is 35.5. The predicted octanol–water partition coefficient (Wildman–Crippen LogP) is 3.32. The quantitative estimate of drug-likeness (QED) is 0.602. The van der Waals surface area contributed by atoms with E-state index in [-0.39, 0.29) is 17.3 Å². The Balaban J connectivity index is 1.76. The van der Waals surface area contributed by atoms with Crippen LogP contribution in [0.5, 0.6) is 5.75 Å². The number of carbonyl (C=O) groups is 1. The fourth-order valence-corrected chi connectivity index (χ4v) is 4.01. The van der Waals surface area contributed by atoms with Crippen LogP contribution in [0.25, 0.3) is 5.69 Å². The van der Waals surface area contributed by atoms with Gasteiger partial charge in [0.25, 0.3) is 5.91 Å². The van der Waals surface area contributed by atoms with Gasteiger partial charge < -0.3 is 14.6 Å². The molecule has 0 atom stereocenters. The topological polar surface area (TPSA) is 80.6 Å². The Labute approximate surface area is 180 Å². The van der Waals surface area contributed by atoms with E-state index < -0.39 is 10.0 Å². The molecule has 0 spiro atoms. The van der Waals surface area contributed by atoms with E-state index in [4.69, 9.17) is 16.3 Å². The van der Waals surface area contributed by atoms with Crippen LogP contribution in [-0.4, -0.2) is 44.4 Å². The number of methoxy groups -OCH3 is 1. The minimum absolute atomic E-state index is 0.191. The summed E-state index contributed by atoms with van der Waals surface area (Å²) in [4.78, 5) is 12.9. The lowest BCUT2D eigenvalue weighted by molar-refractivity contribution is 0.0948. The number of ether oxygens (including phenoxy) is 1. The Bertz CT molecular complexity index is 1140. The molecule has 0 saturated heterocycles. The zero-order valence-electron chi connectivity index (χ0n) is 16.8. The van der Waals surface area contributed by atoms with Crippen LogP contribution >= 0.6 is 11.6 Å². The van der Waals surface area contributed by atoms with Crippen LogP contribution in [0.4, 0.5) is 0 Å². The summed E-state index contributed by atoms with van der Waals surface area (Å²) in [5, 5.41) is 3.22. The number of rotatable bonds is 7. The number of aromatic nitrogens is 1. The average molecular weight is 448 g/mol. The second-order valence-electron chi connectivity index (χ2n) is 6.71. The van der Waals surface area contributed by atoms with Crippen LogP contribution in [0.3, 0.4) is 0 Å². The lowest BCUT2D eigenvalue weighted by atomic mass is 10.1. The average Bonchev–Trinajstić information content (AvgIpc) is 3.26. The van der Waals surface area contributed by atoms with Gasteiger partial charge in [0.05, 0.1) is 28.3 Å². The lowest BCUT2D eigenvalue weighted by Crippen LogP contribution is -2.24. The summed E-state index contributed by atoms with van der Waals surface area (Å²) < 4.78 is 32.6. The molecule has 1 N–H and O–H groups in total. The smallest absolute Gasteiger partial charge is 0.255 e. The molecule has 0 bridgehead atoms. The number of carbonyl (C=O) groups excluding carboxylic acids is 1. The van der Waals surface area contributed by atoms with E-state index in [1.165, 1.54) is 33.3 Å². The minimum Gasteiger partial charge on any atom is -0.496 e. The Kier molecular flexibility index (Phi) is 6.50. The Morgan fingerprint density at radius 1 is 1.13 bits per heavy atom. The second-order valence-corrected chi connectivity index (χ2v) is 9.27. The zero-order chi connectivity index (χ0) is 21.9. The Morgan fingerprint density at radius 3 is 2.33 bits per heavy atom. The zero-order valence-corrected chi connectivity index (χ0v) is 18.4. The summed E-state index contributed by atoms with van der Waals surface area (Å²) in [5.41, 5.74) is 1.77. The van der Waals surface area contributed by atoms with Gasteiger partial charge in [-0.25, -0.2) is 12.7 Å². The minimum atomic E-state index is -3.49. The van der Waals surface area contributed by atoms with Gasteiger partial charge in [-0.15, -0.1) is 0 Å². The molecule has 0 unspecified atom stereocenters. The third kappa shape index (κ3) is 4.51. The first-order chi connectivity index (χ1) is 14.2. The summed E-state index contributed by atoms with van der Waals surface area (Å²) >= 11 is 6.38. The lowest BCUT2D eigenvalue weighted by Gasteiger charge is -2.14. The molecule has 1 heterocycles. The number of nitrogens with zero attached hydrogens (tertiary/aromatic N) is 2. The summed E-state index contributed by atoms with van der Waals surface area (Å²) in [6.45, 7) is 0.223. The third-order valence-electron chi connectivity index (χ3n) is 4.55. The maximum atomic E-state index is 12.7. The molecule has 2 aromatic carbocycles. The fourth-order valence-electron chi connectivity index (χ4n) is 2.85. The number of amides is 1. The van der Waals surface area contributed by atoms with E-state index in [9.17, 15) is 13.2 Å². The number of benzene rings is 2. The highest BCUT2D eigenvalue weighted by molar-refractivity contribution is 7.89. The van der Waals surface area contributed by atoms with Gasteiger partial charge in [-0.2, -0.15) is 0 Å². The number of hydrogen-bond acceptors (Lipinski definition) is 4. The van der Waals surface area contributed by atoms with E-state index in [0.717, 1.165) is 9.87 Å². The van der Waals surface area contributed by atoms with Crippen LogP contribution in [-0.2, 0) is 16.6 Å². The van der Waals surface area contributed by atoms with Crippen molar-refractivity contribution < 1.29 is 17.9 Å². The maximum absolute atomic E-state index is 12.7. The molecule has 0 radical (unpaired) electrons. The van der Waals surface area contributed by atoms with Crippen LogP contribution in [0.15, 0.2) is 65.8 Å². The van der Waals surface area contributed by atoms with Gasteiger partial charge in [-0.3, -0.25) is 4.79 Å². The SMILES string of the molecule is COc1cc(-n2cccc2)c(Cl)cc1C(=O)NCc1ccc(S(=O)(=O)N(C)C)cc1. The normalized spacial score (nSPS) is 11.5. The van der Waals surface area contributed by atoms with Crippen molar-refractivity contribution in [1.29, 1.82) is 0 Å². The molecule has 0 aliphatic heterocycles. The summed E-state index contributed by atoms with van der Waals surface area (Å²) in [5.74, 6) is 0.0471. The molecule has 7 nitrogen and oxygen atoms in total. The van der Waals surface area contributed by atoms with Crippen molar-refractivity contribution in [2.45, 2.75) is 11.4 Å². The first-order valence-corrected chi connectivity index (χ1v) is 10.9. The van der Waals surface area contributed by atoms with Gasteiger partial charge in [0, 0.05) is 39.1 Å². The van der Waals surface area contributed by atoms with E-state index in [2.05, 4.69) is 5.32 Å². The van der Waals surface area contributed by atoms with Crippen molar-refractivity contribution in [3.8, 4) is 11.4 Å². The summed E-state index contributed by atoms with van der Waals surface area (Å²) in [7, 11) is 0.949. The maximum Gasteiger partial charge on any atom is 0.255 e. The van der Waals surface area contributed by atoms with Crippen molar-refractivity contribution in [3.63, 3.8) is 0 Å². The van der Waals surface area contributed by atoms with Crippen molar-refractivity contribution in [2.75, 3.05) is 21.2 Å². The first kappa shape index (κ1) is 21.9. The Hall–Kier alpha value is -2.81. The van der Waals surface area contributed by atoms with Gasteiger partial charge in [0.2, 0.25) is 10.0 Å².